The number of aliphatic hydroxyl groups excluding tert-OH is 1. The summed E-state index contributed by atoms with van der Waals surface area (Å²) < 4.78 is 11.6. The Balaban J connectivity index is 1.70. The van der Waals surface area contributed by atoms with Gasteiger partial charge in [-0.3, -0.25) is 4.98 Å². The molecule has 0 fully saturated rings. The molecule has 1 aromatic heterocycles. The van der Waals surface area contributed by atoms with E-state index in [0.29, 0.717) is 22.8 Å². The summed E-state index contributed by atoms with van der Waals surface area (Å²) in [4.78, 5) is 6.99. The van der Waals surface area contributed by atoms with Gasteiger partial charge in [-0.1, -0.05) is 37.6 Å². The minimum absolute atomic E-state index is 0.213. The Morgan fingerprint density at radius 2 is 1.72 bits per heavy atom. The second-order valence-corrected chi connectivity index (χ2v) is 9.77. The second-order valence-electron chi connectivity index (χ2n) is 9.28. The number of hydrogen-bond donors (Lipinski definition) is 1. The number of methoxy groups -OCH3 is 1. The van der Waals surface area contributed by atoms with E-state index in [0.717, 1.165) is 53.2 Å². The fraction of sp³-hybridized carbons (Fsp3) is 0.242. The maximum atomic E-state index is 10.8. The molecule has 0 amide bonds. The summed E-state index contributed by atoms with van der Waals surface area (Å²) in [7, 11) is 3.68. The van der Waals surface area contributed by atoms with Gasteiger partial charge in [0.15, 0.2) is 0 Å². The van der Waals surface area contributed by atoms with Gasteiger partial charge < -0.3 is 19.5 Å². The fourth-order valence-corrected chi connectivity index (χ4v) is 4.60. The summed E-state index contributed by atoms with van der Waals surface area (Å²) in [5, 5.41) is 11.6. The number of ether oxygens (including phenoxy) is 2. The van der Waals surface area contributed by atoms with Crippen molar-refractivity contribution in [3.63, 3.8) is 0 Å². The molecule has 2 aromatic carbocycles. The number of benzene rings is 2. The Morgan fingerprint density at radius 3 is 2.38 bits per heavy atom. The SMILES string of the molecule is CCC=C(O)c1cc(Oc2cccc(OC)c2)cc(/C(=C\CC)c2ccc(N(C)C3=CC=C(Cl)CC3)cn2)c1. The lowest BCUT2D eigenvalue weighted by molar-refractivity contribution is 0.409. The molecule has 0 radical (unpaired) electrons. The molecule has 5 nitrogen and oxygen atoms in total. The van der Waals surface area contributed by atoms with Crippen molar-refractivity contribution in [2.24, 2.45) is 0 Å². The number of pyridine rings is 1. The van der Waals surface area contributed by atoms with Crippen LogP contribution in [0.5, 0.6) is 17.2 Å². The van der Waals surface area contributed by atoms with Crippen molar-refractivity contribution in [2.45, 2.75) is 39.5 Å². The molecule has 202 valence electrons. The lowest BCUT2D eigenvalue weighted by atomic mass is 9.97. The molecular weight excluding hydrogens is 508 g/mol. The minimum atomic E-state index is 0.213. The van der Waals surface area contributed by atoms with Gasteiger partial charge in [-0.15, -0.1) is 0 Å². The van der Waals surface area contributed by atoms with Gasteiger partial charge in [-0.25, -0.2) is 0 Å². The number of halogens is 1. The maximum Gasteiger partial charge on any atom is 0.131 e. The highest BCUT2D eigenvalue weighted by Crippen LogP contribution is 2.34. The lowest BCUT2D eigenvalue weighted by Gasteiger charge is -2.24. The molecular formula is C33H35ClN2O3. The number of nitrogens with zero attached hydrogens (tertiary/aromatic N) is 2. The van der Waals surface area contributed by atoms with E-state index in [4.69, 9.17) is 26.1 Å². The smallest absolute Gasteiger partial charge is 0.131 e. The van der Waals surface area contributed by atoms with Crippen molar-refractivity contribution in [1.29, 1.82) is 0 Å². The van der Waals surface area contributed by atoms with E-state index in [1.54, 1.807) is 13.2 Å². The summed E-state index contributed by atoms with van der Waals surface area (Å²) in [6.45, 7) is 4.09. The lowest BCUT2D eigenvalue weighted by Crippen LogP contribution is -2.17. The summed E-state index contributed by atoms with van der Waals surface area (Å²) >= 11 is 6.14. The van der Waals surface area contributed by atoms with E-state index in [9.17, 15) is 5.11 Å². The van der Waals surface area contributed by atoms with Gasteiger partial charge in [0.25, 0.3) is 0 Å². The summed E-state index contributed by atoms with van der Waals surface area (Å²) in [5.41, 5.74) is 5.61. The molecule has 1 N–H and O–H groups in total. The molecule has 0 bridgehead atoms. The Hall–Kier alpha value is -3.96. The molecule has 0 spiro atoms. The van der Waals surface area contributed by atoms with Gasteiger partial charge >= 0.3 is 0 Å². The highest BCUT2D eigenvalue weighted by atomic mass is 35.5. The van der Waals surface area contributed by atoms with Crippen LogP contribution < -0.4 is 14.4 Å². The number of aliphatic hydroxyl groups is 1. The molecule has 3 aromatic rings. The van der Waals surface area contributed by atoms with Crippen LogP contribution in [0.25, 0.3) is 11.3 Å². The van der Waals surface area contributed by atoms with Crippen LogP contribution in [0.2, 0.25) is 0 Å². The molecule has 6 heteroatoms. The summed E-state index contributed by atoms with van der Waals surface area (Å²) in [5.74, 6) is 2.18. The average molecular weight is 543 g/mol. The number of anilines is 1. The van der Waals surface area contributed by atoms with Gasteiger partial charge in [0, 0.05) is 35.0 Å². The molecule has 0 saturated carbocycles. The van der Waals surface area contributed by atoms with Crippen molar-refractivity contribution < 1.29 is 14.6 Å². The molecule has 1 aliphatic carbocycles. The molecule has 1 aliphatic rings. The van der Waals surface area contributed by atoms with Gasteiger partial charge in [0.05, 0.1) is 24.7 Å². The largest absolute Gasteiger partial charge is 0.508 e. The first-order valence-electron chi connectivity index (χ1n) is 13.2. The van der Waals surface area contributed by atoms with E-state index in [1.807, 2.05) is 74.8 Å². The minimum Gasteiger partial charge on any atom is -0.508 e. The second kappa shape index (κ2) is 13.2. The van der Waals surface area contributed by atoms with Crippen molar-refractivity contribution in [2.75, 3.05) is 19.1 Å². The van der Waals surface area contributed by atoms with E-state index < -0.39 is 0 Å². The monoisotopic (exact) mass is 542 g/mol. The fourth-order valence-electron chi connectivity index (χ4n) is 4.44. The van der Waals surface area contributed by atoms with E-state index in [-0.39, 0.29) is 5.76 Å². The summed E-state index contributed by atoms with van der Waals surface area (Å²) in [6.07, 6.45) is 13.1. The van der Waals surface area contributed by atoms with Crippen molar-refractivity contribution in [3.8, 4) is 17.2 Å². The van der Waals surface area contributed by atoms with Crippen LogP contribution in [0.1, 0.15) is 56.4 Å². The van der Waals surface area contributed by atoms with Crippen molar-refractivity contribution in [1.82, 2.24) is 4.98 Å². The van der Waals surface area contributed by atoms with E-state index >= 15 is 0 Å². The predicted octanol–water partition coefficient (Wildman–Crippen LogP) is 9.27. The Kier molecular flexibility index (Phi) is 9.50. The molecule has 4 rings (SSSR count). The molecule has 0 unspecified atom stereocenters. The molecule has 0 saturated heterocycles. The van der Waals surface area contributed by atoms with Gasteiger partial charge in [-0.2, -0.15) is 0 Å². The van der Waals surface area contributed by atoms with Gasteiger partial charge in [-0.05, 0) is 91.9 Å². The summed E-state index contributed by atoms with van der Waals surface area (Å²) in [6, 6.07) is 17.4. The van der Waals surface area contributed by atoms with E-state index in [2.05, 4.69) is 30.0 Å². The molecule has 1 heterocycles. The van der Waals surface area contributed by atoms with Crippen molar-refractivity contribution in [3.05, 3.63) is 113 Å². The third kappa shape index (κ3) is 7.12. The quantitative estimate of drug-likeness (QED) is 0.259. The normalized spacial score (nSPS) is 14.0. The maximum absolute atomic E-state index is 10.8. The van der Waals surface area contributed by atoms with Crippen LogP contribution in [0.4, 0.5) is 5.69 Å². The highest BCUT2D eigenvalue weighted by molar-refractivity contribution is 6.29. The number of allylic oxidation sites excluding steroid dienone is 6. The Labute approximate surface area is 236 Å². The number of hydrogen-bond acceptors (Lipinski definition) is 5. The number of rotatable bonds is 10. The third-order valence-corrected chi connectivity index (χ3v) is 6.83. The third-order valence-electron chi connectivity index (χ3n) is 6.51. The zero-order valence-electron chi connectivity index (χ0n) is 22.9. The van der Waals surface area contributed by atoms with Crippen LogP contribution in [0.15, 0.2) is 95.8 Å². The zero-order valence-corrected chi connectivity index (χ0v) is 23.7. The predicted molar refractivity (Wildman–Crippen MR) is 162 cm³/mol. The first-order valence-corrected chi connectivity index (χ1v) is 13.6. The Morgan fingerprint density at radius 1 is 0.949 bits per heavy atom. The van der Waals surface area contributed by atoms with E-state index in [1.165, 1.54) is 5.70 Å². The van der Waals surface area contributed by atoms with Crippen LogP contribution in [-0.4, -0.2) is 24.2 Å². The average Bonchev–Trinajstić information content (AvgIpc) is 2.96. The zero-order chi connectivity index (χ0) is 27.8. The van der Waals surface area contributed by atoms with Crippen LogP contribution in [0, 0.1) is 0 Å². The Bertz CT molecular complexity index is 1420. The molecule has 39 heavy (non-hydrogen) atoms. The standard InChI is InChI=1S/C33H35ClN2O3/c1-5-8-31(32-17-16-27(22-35-32)36(3)26-14-12-25(34)13-15-26)23-18-24(33(37)9-6-2)20-30(19-23)39-29-11-7-10-28(21-29)38-4/h7-12,14,16-22,37H,5-6,13,15H2,1-4H3/b31-8+,33-9?. The first kappa shape index (κ1) is 28.1. The highest BCUT2D eigenvalue weighted by Gasteiger charge is 2.15. The topological polar surface area (TPSA) is 54.8 Å². The molecule has 0 atom stereocenters. The number of aromatic nitrogens is 1. The van der Waals surface area contributed by atoms with Crippen LogP contribution >= 0.6 is 11.6 Å². The van der Waals surface area contributed by atoms with Crippen LogP contribution in [-0.2, 0) is 0 Å². The van der Waals surface area contributed by atoms with Gasteiger partial charge in [0.1, 0.15) is 23.0 Å². The first-order chi connectivity index (χ1) is 18.9. The van der Waals surface area contributed by atoms with Gasteiger partial charge in [0.2, 0.25) is 0 Å². The van der Waals surface area contributed by atoms with Crippen molar-refractivity contribution >= 4 is 28.6 Å². The molecule has 0 aliphatic heterocycles. The van der Waals surface area contributed by atoms with Crippen LogP contribution in [0.3, 0.4) is 0 Å².